The first-order valence-corrected chi connectivity index (χ1v) is 6.81. The highest BCUT2D eigenvalue weighted by atomic mass is 35.5. The zero-order chi connectivity index (χ0) is 13.0. The lowest BCUT2D eigenvalue weighted by Crippen LogP contribution is -2.42. The Bertz CT molecular complexity index is 374. The van der Waals surface area contributed by atoms with Crippen molar-refractivity contribution in [2.24, 2.45) is 0 Å². The summed E-state index contributed by atoms with van der Waals surface area (Å²) in [5, 5.41) is 23.4. The third-order valence-electron chi connectivity index (χ3n) is 4.07. The van der Waals surface area contributed by atoms with Gasteiger partial charge < -0.3 is 15.5 Å². The van der Waals surface area contributed by atoms with E-state index in [2.05, 4.69) is 5.32 Å². The molecule has 1 aliphatic rings. The molecular weight excluding hydrogens is 262 g/mol. The highest BCUT2D eigenvalue weighted by molar-refractivity contribution is 5.85. The van der Waals surface area contributed by atoms with E-state index in [-0.39, 0.29) is 24.1 Å². The molecule has 0 aromatic heterocycles. The molecular formula is C15H24ClNO2. The Morgan fingerprint density at radius 2 is 1.74 bits per heavy atom. The molecule has 1 aromatic rings. The zero-order valence-corrected chi connectivity index (χ0v) is 12.2. The van der Waals surface area contributed by atoms with Crippen LogP contribution < -0.4 is 5.32 Å². The van der Waals surface area contributed by atoms with Crippen molar-refractivity contribution in [3.8, 4) is 5.75 Å². The van der Waals surface area contributed by atoms with E-state index in [1.165, 1.54) is 6.42 Å². The summed E-state index contributed by atoms with van der Waals surface area (Å²) in [5.74, 6) is 0.376. The van der Waals surface area contributed by atoms with Crippen molar-refractivity contribution in [2.75, 3.05) is 13.6 Å². The van der Waals surface area contributed by atoms with Crippen LogP contribution in [0.25, 0.3) is 0 Å². The molecule has 1 atom stereocenters. The third kappa shape index (κ3) is 3.85. The molecule has 0 radical (unpaired) electrons. The monoisotopic (exact) mass is 285 g/mol. The van der Waals surface area contributed by atoms with Crippen LogP contribution >= 0.6 is 12.4 Å². The second-order valence-electron chi connectivity index (χ2n) is 5.37. The Hall–Kier alpha value is -0.770. The number of benzene rings is 1. The van der Waals surface area contributed by atoms with Gasteiger partial charge in [0.25, 0.3) is 0 Å². The number of aromatic hydroxyl groups is 1. The fourth-order valence-electron chi connectivity index (χ4n) is 3.04. The van der Waals surface area contributed by atoms with E-state index in [0.717, 1.165) is 37.8 Å². The van der Waals surface area contributed by atoms with Crippen molar-refractivity contribution < 1.29 is 10.2 Å². The lowest BCUT2D eigenvalue weighted by Gasteiger charge is -2.39. The molecule has 1 aliphatic carbocycles. The third-order valence-corrected chi connectivity index (χ3v) is 4.07. The Kier molecular flexibility index (Phi) is 6.11. The molecule has 1 saturated carbocycles. The Labute approximate surface area is 121 Å². The largest absolute Gasteiger partial charge is 0.508 e. The van der Waals surface area contributed by atoms with Crippen LogP contribution in [0, 0.1) is 0 Å². The minimum Gasteiger partial charge on any atom is -0.508 e. The van der Waals surface area contributed by atoms with Gasteiger partial charge in [-0.2, -0.15) is 0 Å². The predicted molar refractivity (Wildman–Crippen MR) is 80.1 cm³/mol. The van der Waals surface area contributed by atoms with Crippen LogP contribution in [-0.2, 0) is 0 Å². The number of phenolic OH excluding ortho intramolecular Hbond substituents is 1. The number of likely N-dealkylation sites (N-methyl/N-ethyl adjacent to an activating group) is 1. The van der Waals surface area contributed by atoms with Crippen LogP contribution in [0.3, 0.4) is 0 Å². The highest BCUT2D eigenvalue weighted by Gasteiger charge is 2.38. The standard InChI is InChI=1S/C15H23NO2.ClH/c1-16-11-14(12-5-7-13(17)8-6-12)15(18)9-3-2-4-10-15;/h5-8,14,16-18H,2-4,9-11H2,1H3;1H. The van der Waals surface area contributed by atoms with Crippen LogP contribution in [0.5, 0.6) is 5.75 Å². The molecule has 2 rings (SSSR count). The number of halogens is 1. The smallest absolute Gasteiger partial charge is 0.115 e. The SMILES string of the molecule is CNCC(c1ccc(O)cc1)C1(O)CCCCC1.Cl. The molecule has 0 saturated heterocycles. The van der Waals surface area contributed by atoms with Crippen LogP contribution in [0.4, 0.5) is 0 Å². The van der Waals surface area contributed by atoms with Gasteiger partial charge in [0, 0.05) is 12.5 Å². The summed E-state index contributed by atoms with van der Waals surface area (Å²) < 4.78 is 0. The lowest BCUT2D eigenvalue weighted by atomic mass is 9.73. The topological polar surface area (TPSA) is 52.5 Å². The van der Waals surface area contributed by atoms with Crippen molar-refractivity contribution >= 4 is 12.4 Å². The average molecular weight is 286 g/mol. The summed E-state index contributed by atoms with van der Waals surface area (Å²) in [5.41, 5.74) is 0.504. The summed E-state index contributed by atoms with van der Waals surface area (Å²) in [6.07, 6.45) is 5.19. The van der Waals surface area contributed by atoms with Crippen LogP contribution in [0.1, 0.15) is 43.6 Å². The quantitative estimate of drug-likeness (QED) is 0.797. The Morgan fingerprint density at radius 1 is 1.16 bits per heavy atom. The predicted octanol–water partition coefficient (Wildman–Crippen LogP) is 2.81. The van der Waals surface area contributed by atoms with Gasteiger partial charge in [0.1, 0.15) is 5.75 Å². The number of nitrogens with one attached hydrogen (secondary N) is 1. The fraction of sp³-hybridized carbons (Fsp3) is 0.600. The maximum atomic E-state index is 10.9. The number of hydrogen-bond acceptors (Lipinski definition) is 3. The molecule has 3 N–H and O–H groups in total. The van der Waals surface area contributed by atoms with E-state index in [0.29, 0.717) is 0 Å². The first-order chi connectivity index (χ1) is 8.65. The molecule has 108 valence electrons. The van der Waals surface area contributed by atoms with E-state index < -0.39 is 5.60 Å². The van der Waals surface area contributed by atoms with Gasteiger partial charge >= 0.3 is 0 Å². The molecule has 1 fully saturated rings. The van der Waals surface area contributed by atoms with Gasteiger partial charge in [-0.25, -0.2) is 0 Å². The number of phenols is 1. The maximum Gasteiger partial charge on any atom is 0.115 e. The average Bonchev–Trinajstić information content (AvgIpc) is 2.38. The first-order valence-electron chi connectivity index (χ1n) is 6.81. The summed E-state index contributed by atoms with van der Waals surface area (Å²) in [6, 6.07) is 7.24. The molecule has 19 heavy (non-hydrogen) atoms. The number of rotatable bonds is 4. The van der Waals surface area contributed by atoms with Gasteiger partial charge in [-0.3, -0.25) is 0 Å². The van der Waals surface area contributed by atoms with Crippen molar-refractivity contribution in [1.29, 1.82) is 0 Å². The zero-order valence-electron chi connectivity index (χ0n) is 11.4. The van der Waals surface area contributed by atoms with Crippen molar-refractivity contribution in [3.05, 3.63) is 29.8 Å². The number of aliphatic hydroxyl groups is 1. The maximum absolute atomic E-state index is 10.9. The van der Waals surface area contributed by atoms with Gasteiger partial charge in [-0.1, -0.05) is 31.4 Å². The van der Waals surface area contributed by atoms with Gasteiger partial charge in [0.05, 0.1) is 5.60 Å². The van der Waals surface area contributed by atoms with Crippen molar-refractivity contribution in [1.82, 2.24) is 5.32 Å². The molecule has 3 nitrogen and oxygen atoms in total. The normalized spacial score (nSPS) is 19.5. The summed E-state index contributed by atoms with van der Waals surface area (Å²) in [6.45, 7) is 0.765. The van der Waals surface area contributed by atoms with E-state index in [1.807, 2.05) is 19.2 Å². The second-order valence-corrected chi connectivity index (χ2v) is 5.37. The molecule has 0 aliphatic heterocycles. The fourth-order valence-corrected chi connectivity index (χ4v) is 3.04. The highest BCUT2D eigenvalue weighted by Crippen LogP contribution is 2.39. The molecule has 1 aromatic carbocycles. The van der Waals surface area contributed by atoms with Crippen LogP contribution in [-0.4, -0.2) is 29.4 Å². The van der Waals surface area contributed by atoms with Crippen LogP contribution in [0.15, 0.2) is 24.3 Å². The minimum atomic E-state index is -0.599. The van der Waals surface area contributed by atoms with Gasteiger partial charge in [0.15, 0.2) is 0 Å². The lowest BCUT2D eigenvalue weighted by molar-refractivity contribution is -0.0211. The van der Waals surface area contributed by atoms with E-state index in [4.69, 9.17) is 0 Å². The summed E-state index contributed by atoms with van der Waals surface area (Å²) in [4.78, 5) is 0. The first kappa shape index (κ1) is 16.3. The van der Waals surface area contributed by atoms with Gasteiger partial charge in [-0.15, -0.1) is 12.4 Å². The molecule has 0 bridgehead atoms. The molecule has 0 spiro atoms. The molecule has 0 amide bonds. The summed E-state index contributed by atoms with van der Waals surface area (Å²) in [7, 11) is 1.92. The van der Waals surface area contributed by atoms with Gasteiger partial charge in [-0.05, 0) is 37.6 Å². The second kappa shape index (κ2) is 7.13. The van der Waals surface area contributed by atoms with E-state index in [1.54, 1.807) is 12.1 Å². The Balaban J connectivity index is 0.00000180. The van der Waals surface area contributed by atoms with Crippen LogP contribution in [0.2, 0.25) is 0 Å². The minimum absolute atomic E-state index is 0. The Morgan fingerprint density at radius 3 is 2.26 bits per heavy atom. The number of hydrogen-bond donors (Lipinski definition) is 3. The molecule has 0 heterocycles. The summed E-state index contributed by atoms with van der Waals surface area (Å²) >= 11 is 0. The van der Waals surface area contributed by atoms with E-state index >= 15 is 0 Å². The molecule has 1 unspecified atom stereocenters. The van der Waals surface area contributed by atoms with E-state index in [9.17, 15) is 10.2 Å². The van der Waals surface area contributed by atoms with Crippen molar-refractivity contribution in [2.45, 2.75) is 43.6 Å². The van der Waals surface area contributed by atoms with Gasteiger partial charge in [0.2, 0.25) is 0 Å². The van der Waals surface area contributed by atoms with Crippen molar-refractivity contribution in [3.63, 3.8) is 0 Å². The molecule has 4 heteroatoms.